The predicted octanol–water partition coefficient (Wildman–Crippen LogP) is 2.46. The molecule has 2 rings (SSSR count). The highest BCUT2D eigenvalue weighted by Crippen LogP contribution is 2.39. The highest BCUT2D eigenvalue weighted by Gasteiger charge is 2.38. The van der Waals surface area contributed by atoms with Crippen LogP contribution in [0.2, 0.25) is 5.02 Å². The van der Waals surface area contributed by atoms with Crippen molar-refractivity contribution in [1.29, 1.82) is 0 Å². The lowest BCUT2D eigenvalue weighted by Crippen LogP contribution is -2.45. The average molecular weight is 286 g/mol. The van der Waals surface area contributed by atoms with Crippen LogP contribution in [0.4, 0.5) is 0 Å². The molecule has 1 unspecified atom stereocenters. The van der Waals surface area contributed by atoms with Crippen molar-refractivity contribution >= 4 is 11.6 Å². The summed E-state index contributed by atoms with van der Waals surface area (Å²) in [6.07, 6.45) is 5.99. The van der Waals surface area contributed by atoms with Gasteiger partial charge in [0.2, 0.25) is 0 Å². The van der Waals surface area contributed by atoms with E-state index in [9.17, 15) is 0 Å². The lowest BCUT2D eigenvalue weighted by molar-refractivity contribution is -0.0814. The zero-order chi connectivity index (χ0) is 14.0. The van der Waals surface area contributed by atoms with E-state index in [2.05, 4.69) is 12.0 Å². The molecular weight excluding hydrogens is 262 g/mol. The van der Waals surface area contributed by atoms with Gasteiger partial charge in [0, 0.05) is 26.6 Å². The smallest absolute Gasteiger partial charge is 0.0850 e. The number of aryl methyl sites for hydroxylation is 2. The van der Waals surface area contributed by atoms with Gasteiger partial charge in [0.05, 0.1) is 22.0 Å². The van der Waals surface area contributed by atoms with Crippen molar-refractivity contribution in [1.82, 2.24) is 9.78 Å². The molecule has 108 valence electrons. The van der Waals surface area contributed by atoms with Gasteiger partial charge in [-0.15, -0.1) is 0 Å². The van der Waals surface area contributed by atoms with Gasteiger partial charge in [-0.1, -0.05) is 18.5 Å². The molecule has 2 N–H and O–H groups in total. The van der Waals surface area contributed by atoms with Gasteiger partial charge in [0.1, 0.15) is 0 Å². The van der Waals surface area contributed by atoms with E-state index in [-0.39, 0.29) is 11.6 Å². The number of hydrogen-bond donors (Lipinski definition) is 1. The van der Waals surface area contributed by atoms with Crippen LogP contribution in [0.15, 0.2) is 0 Å². The first kappa shape index (κ1) is 14.8. The Morgan fingerprint density at radius 3 is 2.63 bits per heavy atom. The summed E-state index contributed by atoms with van der Waals surface area (Å²) < 4.78 is 7.50. The average Bonchev–Trinajstić information content (AvgIpc) is 2.61. The van der Waals surface area contributed by atoms with Gasteiger partial charge in [0.15, 0.2) is 0 Å². The number of rotatable bonds is 6. The molecule has 1 aromatic heterocycles. The molecule has 4 nitrogen and oxygen atoms in total. The molecule has 1 atom stereocenters. The molecule has 0 saturated heterocycles. The zero-order valence-electron chi connectivity index (χ0n) is 12.1. The van der Waals surface area contributed by atoms with Gasteiger partial charge in [0.25, 0.3) is 0 Å². The quantitative estimate of drug-likeness (QED) is 0.873. The minimum absolute atomic E-state index is 0.0120. The highest BCUT2D eigenvalue weighted by atomic mass is 35.5. The van der Waals surface area contributed by atoms with E-state index >= 15 is 0 Å². The number of nitrogens with zero attached hydrogens (tertiary/aromatic N) is 2. The Bertz CT molecular complexity index is 435. The topological polar surface area (TPSA) is 53.1 Å². The van der Waals surface area contributed by atoms with Crippen LogP contribution < -0.4 is 5.73 Å². The first-order valence-corrected chi connectivity index (χ1v) is 7.40. The van der Waals surface area contributed by atoms with E-state index in [1.54, 1.807) is 7.11 Å². The minimum atomic E-state index is 0.0120. The van der Waals surface area contributed by atoms with Gasteiger partial charge in [-0.25, -0.2) is 0 Å². The van der Waals surface area contributed by atoms with E-state index in [1.165, 1.54) is 6.42 Å². The van der Waals surface area contributed by atoms with Gasteiger partial charge in [-0.05, 0) is 32.1 Å². The summed E-state index contributed by atoms with van der Waals surface area (Å²) in [4.78, 5) is 0. The van der Waals surface area contributed by atoms with Crippen molar-refractivity contribution in [3.8, 4) is 0 Å². The van der Waals surface area contributed by atoms with Gasteiger partial charge in [-0.3, -0.25) is 4.68 Å². The molecule has 0 spiro atoms. The zero-order valence-corrected chi connectivity index (χ0v) is 12.8. The summed E-state index contributed by atoms with van der Waals surface area (Å²) in [7, 11) is 3.72. The largest absolute Gasteiger partial charge is 0.378 e. The van der Waals surface area contributed by atoms with E-state index in [0.29, 0.717) is 0 Å². The van der Waals surface area contributed by atoms with Crippen LogP contribution in [-0.2, 0) is 24.6 Å². The monoisotopic (exact) mass is 285 g/mol. The fourth-order valence-corrected chi connectivity index (χ4v) is 3.27. The first-order valence-electron chi connectivity index (χ1n) is 7.02. The fourth-order valence-electron chi connectivity index (χ4n) is 2.90. The molecule has 5 heteroatoms. The van der Waals surface area contributed by atoms with Crippen molar-refractivity contribution in [2.75, 3.05) is 7.11 Å². The number of halogens is 1. The maximum atomic E-state index is 6.36. The van der Waals surface area contributed by atoms with Gasteiger partial charge < -0.3 is 10.5 Å². The van der Waals surface area contributed by atoms with E-state index in [4.69, 9.17) is 22.1 Å². The molecule has 0 radical (unpaired) electrons. The van der Waals surface area contributed by atoms with Gasteiger partial charge >= 0.3 is 0 Å². The van der Waals surface area contributed by atoms with Crippen LogP contribution in [-0.4, -0.2) is 28.5 Å². The van der Waals surface area contributed by atoms with Crippen molar-refractivity contribution in [3.63, 3.8) is 0 Å². The molecule has 0 bridgehead atoms. The lowest BCUT2D eigenvalue weighted by atomic mass is 9.75. The summed E-state index contributed by atoms with van der Waals surface area (Å²) in [5.74, 6) is 0. The molecule has 19 heavy (non-hydrogen) atoms. The second-order valence-electron chi connectivity index (χ2n) is 5.59. The molecule has 1 aliphatic rings. The number of nitrogens with two attached hydrogens (primary N) is 1. The molecule has 1 aromatic rings. The van der Waals surface area contributed by atoms with Crippen molar-refractivity contribution in [2.24, 2.45) is 12.8 Å². The molecule has 1 aliphatic carbocycles. The molecule has 0 amide bonds. The third-order valence-electron chi connectivity index (χ3n) is 4.29. The normalized spacial score (nSPS) is 19.2. The van der Waals surface area contributed by atoms with Crippen LogP contribution in [0, 0.1) is 0 Å². The number of aromatic nitrogens is 2. The van der Waals surface area contributed by atoms with Crippen LogP contribution in [0.3, 0.4) is 0 Å². The Kier molecular flexibility index (Phi) is 4.54. The van der Waals surface area contributed by atoms with Crippen LogP contribution in [0.25, 0.3) is 0 Å². The summed E-state index contributed by atoms with van der Waals surface area (Å²) in [6, 6.07) is 0.0675. The lowest BCUT2D eigenvalue weighted by Gasteiger charge is -2.42. The molecule has 0 aromatic carbocycles. The van der Waals surface area contributed by atoms with Crippen molar-refractivity contribution < 1.29 is 4.74 Å². The minimum Gasteiger partial charge on any atom is -0.378 e. The Hall–Kier alpha value is -0.580. The molecular formula is C14H24ClN3O. The summed E-state index contributed by atoms with van der Waals surface area (Å²) in [5.41, 5.74) is 8.29. The summed E-state index contributed by atoms with van der Waals surface area (Å²) >= 11 is 6.36. The number of methoxy groups -OCH3 is 1. The van der Waals surface area contributed by atoms with Crippen LogP contribution >= 0.6 is 11.6 Å². The number of ether oxygens (including phenoxy) is 1. The highest BCUT2D eigenvalue weighted by molar-refractivity contribution is 6.31. The maximum absolute atomic E-state index is 6.36. The number of hydrogen-bond acceptors (Lipinski definition) is 3. The van der Waals surface area contributed by atoms with Crippen LogP contribution in [0.1, 0.15) is 44.0 Å². The van der Waals surface area contributed by atoms with Crippen molar-refractivity contribution in [3.05, 3.63) is 16.4 Å². The first-order chi connectivity index (χ1) is 9.01. The predicted molar refractivity (Wildman–Crippen MR) is 77.5 cm³/mol. The van der Waals surface area contributed by atoms with E-state index in [1.807, 2.05) is 11.7 Å². The Labute approximate surface area is 120 Å². The van der Waals surface area contributed by atoms with E-state index in [0.717, 1.165) is 48.5 Å². The van der Waals surface area contributed by atoms with Crippen molar-refractivity contribution in [2.45, 2.75) is 57.1 Å². The maximum Gasteiger partial charge on any atom is 0.0850 e. The Morgan fingerprint density at radius 1 is 1.53 bits per heavy atom. The molecule has 1 fully saturated rings. The van der Waals surface area contributed by atoms with Crippen LogP contribution in [0.5, 0.6) is 0 Å². The summed E-state index contributed by atoms with van der Waals surface area (Å²) in [5, 5.41) is 5.21. The molecule has 1 saturated carbocycles. The fraction of sp³-hybridized carbons (Fsp3) is 0.786. The second kappa shape index (κ2) is 5.81. The second-order valence-corrected chi connectivity index (χ2v) is 5.97. The third kappa shape index (κ3) is 2.96. The van der Waals surface area contributed by atoms with E-state index < -0.39 is 0 Å². The Balaban J connectivity index is 2.02. The SMILES string of the molecule is CCc1nn(C)c(CC(N)CC2(OC)CCC2)c1Cl. The molecule has 0 aliphatic heterocycles. The standard InChI is InChI=1S/C14H24ClN3O/c1-4-11-13(15)12(18(2)17-11)8-10(16)9-14(19-3)6-5-7-14/h10H,4-9,16H2,1-3H3. The third-order valence-corrected chi connectivity index (χ3v) is 4.73. The Morgan fingerprint density at radius 2 is 2.21 bits per heavy atom. The molecule has 1 heterocycles. The van der Waals surface area contributed by atoms with Gasteiger partial charge in [-0.2, -0.15) is 5.10 Å². The summed E-state index contributed by atoms with van der Waals surface area (Å²) in [6.45, 7) is 2.06.